The van der Waals surface area contributed by atoms with Gasteiger partial charge in [0.2, 0.25) is 5.91 Å². The fourth-order valence-corrected chi connectivity index (χ4v) is 2.31. The lowest BCUT2D eigenvalue weighted by atomic mass is 10.1. The van der Waals surface area contributed by atoms with Gasteiger partial charge in [0.05, 0.1) is 19.1 Å². The summed E-state index contributed by atoms with van der Waals surface area (Å²) in [5.74, 6) is -0.122. The number of rotatable bonds is 10. The Labute approximate surface area is 143 Å². The Hall–Kier alpha value is -2.08. The zero-order chi connectivity index (χ0) is 18.1. The van der Waals surface area contributed by atoms with Gasteiger partial charge in [-0.3, -0.25) is 4.79 Å². The first-order valence-electron chi connectivity index (χ1n) is 8.14. The first kappa shape index (κ1) is 20.0. The fourth-order valence-electron chi connectivity index (χ4n) is 2.31. The maximum Gasteiger partial charge on any atom is 0.341 e. The second-order valence-corrected chi connectivity index (χ2v) is 6.27. The number of anilines is 1. The van der Waals surface area contributed by atoms with Crippen LogP contribution in [0.15, 0.2) is 18.2 Å². The Morgan fingerprint density at radius 3 is 2.54 bits per heavy atom. The number of ether oxygens (including phenoxy) is 2. The van der Waals surface area contributed by atoms with E-state index in [2.05, 4.69) is 19.2 Å². The lowest BCUT2D eigenvalue weighted by molar-refractivity contribution is -0.139. The molecule has 1 rings (SSSR count). The highest BCUT2D eigenvalue weighted by atomic mass is 16.5. The molecular formula is C18H27NO5. The number of benzene rings is 1. The number of carboxylic acids is 1. The first-order chi connectivity index (χ1) is 11.3. The van der Waals surface area contributed by atoms with Gasteiger partial charge in [0.1, 0.15) is 5.75 Å². The third-order valence-corrected chi connectivity index (χ3v) is 3.37. The minimum atomic E-state index is -1.03. The smallest absolute Gasteiger partial charge is 0.341 e. The van der Waals surface area contributed by atoms with Crippen molar-refractivity contribution < 1.29 is 24.2 Å². The van der Waals surface area contributed by atoms with Gasteiger partial charge >= 0.3 is 5.97 Å². The molecule has 0 aliphatic rings. The van der Waals surface area contributed by atoms with E-state index in [0.717, 1.165) is 12.0 Å². The molecule has 0 radical (unpaired) electrons. The number of hydrogen-bond acceptors (Lipinski definition) is 4. The third-order valence-electron chi connectivity index (χ3n) is 3.37. The van der Waals surface area contributed by atoms with Gasteiger partial charge in [-0.05, 0) is 49.9 Å². The Bertz CT molecular complexity index is 556. The zero-order valence-corrected chi connectivity index (χ0v) is 14.8. The van der Waals surface area contributed by atoms with Crippen molar-refractivity contribution in [2.24, 2.45) is 5.92 Å². The summed E-state index contributed by atoms with van der Waals surface area (Å²) >= 11 is 0. The summed E-state index contributed by atoms with van der Waals surface area (Å²) in [6, 6.07) is 5.03. The molecule has 0 aliphatic carbocycles. The molecule has 0 spiro atoms. The summed E-state index contributed by atoms with van der Waals surface area (Å²) in [6.07, 6.45) is 1.41. The van der Waals surface area contributed by atoms with Crippen LogP contribution >= 0.6 is 0 Å². The van der Waals surface area contributed by atoms with Gasteiger partial charge in [-0.25, -0.2) is 4.79 Å². The molecule has 1 aromatic rings. The molecule has 0 aromatic heterocycles. The van der Waals surface area contributed by atoms with Crippen LogP contribution in [0.25, 0.3) is 0 Å². The molecule has 6 heteroatoms. The maximum absolute atomic E-state index is 12.0. The summed E-state index contributed by atoms with van der Waals surface area (Å²) in [4.78, 5) is 22.5. The van der Waals surface area contributed by atoms with Crippen molar-refractivity contribution in [1.29, 1.82) is 0 Å². The number of carbonyl (C=O) groups is 2. The summed E-state index contributed by atoms with van der Waals surface area (Å²) < 4.78 is 10.7. The van der Waals surface area contributed by atoms with Crippen molar-refractivity contribution in [2.45, 2.75) is 46.6 Å². The molecule has 1 unspecified atom stereocenters. The van der Waals surface area contributed by atoms with E-state index in [0.29, 0.717) is 30.4 Å². The molecule has 2 N–H and O–H groups in total. The minimum absolute atomic E-state index is 0.117. The van der Waals surface area contributed by atoms with Gasteiger partial charge < -0.3 is 19.9 Å². The second kappa shape index (κ2) is 9.93. The second-order valence-electron chi connectivity index (χ2n) is 6.27. The average molecular weight is 337 g/mol. The minimum Gasteiger partial charge on any atom is -0.482 e. The van der Waals surface area contributed by atoms with E-state index in [9.17, 15) is 9.59 Å². The monoisotopic (exact) mass is 337 g/mol. The van der Waals surface area contributed by atoms with Gasteiger partial charge in [0, 0.05) is 5.69 Å². The topological polar surface area (TPSA) is 84.9 Å². The molecule has 0 heterocycles. The van der Waals surface area contributed by atoms with Crippen LogP contribution in [0.3, 0.4) is 0 Å². The maximum atomic E-state index is 12.0. The van der Waals surface area contributed by atoms with Crippen LogP contribution in [0.1, 0.15) is 39.2 Å². The summed E-state index contributed by atoms with van der Waals surface area (Å²) in [5.41, 5.74) is 1.48. The fraction of sp³-hybridized carbons (Fsp3) is 0.556. The van der Waals surface area contributed by atoms with Crippen LogP contribution in [0.4, 0.5) is 5.69 Å². The summed E-state index contributed by atoms with van der Waals surface area (Å²) in [5, 5.41) is 11.4. The summed E-state index contributed by atoms with van der Waals surface area (Å²) in [7, 11) is 0. The van der Waals surface area contributed by atoms with E-state index in [1.54, 1.807) is 18.2 Å². The van der Waals surface area contributed by atoms with E-state index in [1.165, 1.54) is 0 Å². The quantitative estimate of drug-likeness (QED) is 0.684. The molecular weight excluding hydrogens is 310 g/mol. The van der Waals surface area contributed by atoms with Gasteiger partial charge in [0.25, 0.3) is 0 Å². The number of amides is 1. The van der Waals surface area contributed by atoms with Crippen LogP contribution in [0.2, 0.25) is 0 Å². The van der Waals surface area contributed by atoms with Crippen molar-refractivity contribution in [3.8, 4) is 5.75 Å². The molecule has 1 amide bonds. The van der Waals surface area contributed by atoms with E-state index in [1.807, 2.05) is 13.8 Å². The standard InChI is InChI=1S/C18H27NO5/c1-12(2)9-14(4)23-8-7-17(20)19-16-6-5-15(10-13(16)3)24-11-18(21)22/h5-6,10,12,14H,7-9,11H2,1-4H3,(H,19,20)(H,21,22). The molecule has 6 nitrogen and oxygen atoms in total. The van der Waals surface area contributed by atoms with E-state index in [4.69, 9.17) is 14.6 Å². The van der Waals surface area contributed by atoms with Gasteiger partial charge in [-0.2, -0.15) is 0 Å². The molecule has 0 saturated heterocycles. The number of aliphatic carboxylic acids is 1. The molecule has 24 heavy (non-hydrogen) atoms. The number of hydrogen-bond donors (Lipinski definition) is 2. The normalized spacial score (nSPS) is 12.0. The SMILES string of the molecule is Cc1cc(OCC(=O)O)ccc1NC(=O)CCOC(C)CC(C)C. The largest absolute Gasteiger partial charge is 0.482 e. The highest BCUT2D eigenvalue weighted by molar-refractivity contribution is 5.91. The van der Waals surface area contributed by atoms with E-state index in [-0.39, 0.29) is 12.0 Å². The number of aryl methyl sites for hydroxylation is 1. The third kappa shape index (κ3) is 7.97. The van der Waals surface area contributed by atoms with Crippen molar-refractivity contribution in [3.63, 3.8) is 0 Å². The Kier molecular flexibility index (Phi) is 8.26. The van der Waals surface area contributed by atoms with Crippen molar-refractivity contribution in [1.82, 2.24) is 0 Å². The van der Waals surface area contributed by atoms with Crippen LogP contribution < -0.4 is 10.1 Å². The Morgan fingerprint density at radius 2 is 1.96 bits per heavy atom. The van der Waals surface area contributed by atoms with Crippen LogP contribution in [-0.4, -0.2) is 36.3 Å². The molecule has 0 fully saturated rings. The zero-order valence-electron chi connectivity index (χ0n) is 14.8. The number of nitrogens with one attached hydrogen (secondary N) is 1. The average Bonchev–Trinajstić information content (AvgIpc) is 2.46. The Balaban J connectivity index is 2.42. The number of carbonyl (C=O) groups excluding carboxylic acids is 1. The van der Waals surface area contributed by atoms with Crippen LogP contribution in [-0.2, 0) is 14.3 Å². The van der Waals surface area contributed by atoms with Crippen molar-refractivity contribution >= 4 is 17.6 Å². The molecule has 1 atom stereocenters. The predicted molar refractivity (Wildman–Crippen MR) is 92.4 cm³/mol. The van der Waals surface area contributed by atoms with Gasteiger partial charge in [-0.1, -0.05) is 13.8 Å². The van der Waals surface area contributed by atoms with Crippen molar-refractivity contribution in [2.75, 3.05) is 18.5 Å². The lowest BCUT2D eigenvalue weighted by Crippen LogP contribution is -2.18. The van der Waals surface area contributed by atoms with E-state index >= 15 is 0 Å². The first-order valence-corrected chi connectivity index (χ1v) is 8.14. The molecule has 0 bridgehead atoms. The Morgan fingerprint density at radius 1 is 1.25 bits per heavy atom. The van der Waals surface area contributed by atoms with E-state index < -0.39 is 12.6 Å². The van der Waals surface area contributed by atoms with Crippen LogP contribution in [0, 0.1) is 12.8 Å². The predicted octanol–water partition coefficient (Wildman–Crippen LogP) is 3.24. The van der Waals surface area contributed by atoms with Gasteiger partial charge in [-0.15, -0.1) is 0 Å². The molecule has 134 valence electrons. The highest BCUT2D eigenvalue weighted by Crippen LogP contribution is 2.21. The summed E-state index contributed by atoms with van der Waals surface area (Å²) in [6.45, 7) is 8.11. The highest BCUT2D eigenvalue weighted by Gasteiger charge is 2.09. The lowest BCUT2D eigenvalue weighted by Gasteiger charge is -2.15. The molecule has 0 saturated carbocycles. The van der Waals surface area contributed by atoms with Gasteiger partial charge in [0.15, 0.2) is 6.61 Å². The molecule has 1 aromatic carbocycles. The molecule has 0 aliphatic heterocycles. The van der Waals surface area contributed by atoms with Crippen LogP contribution in [0.5, 0.6) is 5.75 Å². The number of carboxylic acid groups (broad SMARTS) is 1. The van der Waals surface area contributed by atoms with Crippen molar-refractivity contribution in [3.05, 3.63) is 23.8 Å².